The van der Waals surface area contributed by atoms with Crippen LogP contribution < -0.4 is 5.73 Å². The summed E-state index contributed by atoms with van der Waals surface area (Å²) in [7, 11) is 0. The number of aromatic nitrogens is 2. The number of halogens is 2. The molecule has 1 aromatic heterocycles. The van der Waals surface area contributed by atoms with Gasteiger partial charge in [0.25, 0.3) is 0 Å². The lowest BCUT2D eigenvalue weighted by Gasteiger charge is -2.07. The Kier molecular flexibility index (Phi) is 3.87. The van der Waals surface area contributed by atoms with Gasteiger partial charge in [-0.25, -0.2) is 4.39 Å². The minimum atomic E-state index is -0.353. The average Bonchev–Trinajstić information content (AvgIpc) is 2.59. The lowest BCUT2D eigenvalue weighted by atomic mass is 10.1. The zero-order valence-electron chi connectivity index (χ0n) is 10.6. The number of benzene rings is 1. The average molecular weight is 298 g/mol. The van der Waals surface area contributed by atoms with Gasteiger partial charge in [-0.2, -0.15) is 5.10 Å². The third-order valence-corrected chi connectivity index (χ3v) is 3.73. The van der Waals surface area contributed by atoms with E-state index in [1.54, 1.807) is 16.8 Å². The molecular weight excluding hydrogens is 285 g/mol. The van der Waals surface area contributed by atoms with Crippen LogP contribution in [0.1, 0.15) is 22.5 Å². The molecule has 0 atom stereocenters. The molecule has 1 heterocycles. The molecule has 0 saturated carbocycles. The summed E-state index contributed by atoms with van der Waals surface area (Å²) in [5.41, 5.74) is 8.05. The Morgan fingerprint density at radius 3 is 2.63 bits per heavy atom. The Morgan fingerprint density at radius 1 is 1.47 bits per heavy atom. The molecule has 0 amide bonds. The molecule has 2 rings (SSSR count). The molecule has 2 aromatic rings. The number of rotatable bonds is 3. The monoisotopic (exact) mass is 297 g/mol. The molecule has 2 N–H and O–H groups in total. The number of aryl methyl sites for hydroxylation is 1. The third-order valence-electron chi connectivity index (χ3n) is 2.95. The van der Waals surface area contributed by atoms with E-state index < -0.39 is 0 Å². The van der Waals surface area contributed by atoms with Gasteiger partial charge in [-0.15, -0.1) is 0 Å². The van der Waals surface area contributed by atoms with Gasteiger partial charge >= 0.3 is 0 Å². The van der Waals surface area contributed by atoms with Crippen molar-refractivity contribution in [2.24, 2.45) is 5.73 Å². The van der Waals surface area contributed by atoms with Gasteiger partial charge in [-0.05, 0) is 19.9 Å². The van der Waals surface area contributed by atoms with E-state index in [1.807, 2.05) is 13.8 Å². The fraction of sp³-hybridized carbons (Fsp3) is 0.231. The van der Waals surface area contributed by atoms with Crippen LogP contribution in [0.5, 0.6) is 0 Å². The third kappa shape index (κ3) is 2.77. The maximum Gasteiger partial charge on any atom is 0.128 e. The number of thiocarbonyl (C=S) groups is 1. The van der Waals surface area contributed by atoms with Gasteiger partial charge in [0.05, 0.1) is 23.0 Å². The van der Waals surface area contributed by atoms with E-state index in [9.17, 15) is 4.39 Å². The highest BCUT2D eigenvalue weighted by molar-refractivity contribution is 7.80. The SMILES string of the molecule is Cc1nn(Cc2ccc(C(N)=S)cc2F)c(C)c1Cl. The maximum atomic E-state index is 13.9. The number of nitrogens with two attached hydrogens (primary N) is 1. The van der Waals surface area contributed by atoms with Crippen LogP contribution in [0.2, 0.25) is 5.02 Å². The molecule has 6 heteroatoms. The first-order chi connectivity index (χ1) is 8.90. The van der Waals surface area contributed by atoms with E-state index in [1.165, 1.54) is 6.07 Å². The highest BCUT2D eigenvalue weighted by Crippen LogP contribution is 2.20. The first kappa shape index (κ1) is 14.0. The summed E-state index contributed by atoms with van der Waals surface area (Å²) in [4.78, 5) is 0.180. The summed E-state index contributed by atoms with van der Waals surface area (Å²) < 4.78 is 15.6. The van der Waals surface area contributed by atoms with Crippen molar-refractivity contribution in [2.75, 3.05) is 0 Å². The molecule has 0 fully saturated rings. The lowest BCUT2D eigenvalue weighted by molar-refractivity contribution is 0.578. The van der Waals surface area contributed by atoms with Crippen molar-refractivity contribution in [3.8, 4) is 0 Å². The van der Waals surface area contributed by atoms with Gasteiger partial charge in [0.1, 0.15) is 10.8 Å². The fourth-order valence-corrected chi connectivity index (χ4v) is 2.08. The summed E-state index contributed by atoms with van der Waals surface area (Å²) in [5.74, 6) is -0.353. The summed E-state index contributed by atoms with van der Waals surface area (Å²) in [6.45, 7) is 3.99. The predicted molar refractivity (Wildman–Crippen MR) is 78.1 cm³/mol. The van der Waals surface area contributed by atoms with Crippen LogP contribution in [0.3, 0.4) is 0 Å². The van der Waals surface area contributed by atoms with Gasteiger partial charge < -0.3 is 5.73 Å². The highest BCUT2D eigenvalue weighted by Gasteiger charge is 2.12. The molecular formula is C13H13ClFN3S. The van der Waals surface area contributed by atoms with Crippen LogP contribution in [-0.4, -0.2) is 14.8 Å². The van der Waals surface area contributed by atoms with E-state index in [4.69, 9.17) is 29.6 Å². The summed E-state index contributed by atoms with van der Waals surface area (Å²) in [6, 6.07) is 4.70. The van der Waals surface area contributed by atoms with Crippen molar-refractivity contribution in [1.82, 2.24) is 9.78 Å². The number of hydrogen-bond acceptors (Lipinski definition) is 2. The van der Waals surface area contributed by atoms with Crippen molar-refractivity contribution in [1.29, 1.82) is 0 Å². The second-order valence-corrected chi connectivity index (χ2v) is 5.13. The molecule has 0 unspecified atom stereocenters. The minimum absolute atomic E-state index is 0.180. The minimum Gasteiger partial charge on any atom is -0.389 e. The van der Waals surface area contributed by atoms with E-state index >= 15 is 0 Å². The quantitative estimate of drug-likeness (QED) is 0.886. The van der Waals surface area contributed by atoms with E-state index in [0.29, 0.717) is 22.7 Å². The Balaban J connectivity index is 2.33. The van der Waals surface area contributed by atoms with Crippen LogP contribution in [0, 0.1) is 19.7 Å². The van der Waals surface area contributed by atoms with Crippen LogP contribution >= 0.6 is 23.8 Å². The lowest BCUT2D eigenvalue weighted by Crippen LogP contribution is -2.11. The van der Waals surface area contributed by atoms with E-state index in [0.717, 1.165) is 11.4 Å². The number of hydrogen-bond donors (Lipinski definition) is 1. The van der Waals surface area contributed by atoms with Crippen LogP contribution in [-0.2, 0) is 6.54 Å². The van der Waals surface area contributed by atoms with Gasteiger partial charge in [-0.3, -0.25) is 4.68 Å². The molecule has 0 aliphatic carbocycles. The van der Waals surface area contributed by atoms with Crippen LogP contribution in [0.15, 0.2) is 18.2 Å². The van der Waals surface area contributed by atoms with Gasteiger partial charge in [0.15, 0.2) is 0 Å². The van der Waals surface area contributed by atoms with Crippen LogP contribution in [0.25, 0.3) is 0 Å². The second kappa shape index (κ2) is 5.27. The first-order valence-corrected chi connectivity index (χ1v) is 6.46. The topological polar surface area (TPSA) is 43.8 Å². The zero-order chi connectivity index (χ0) is 14.2. The zero-order valence-corrected chi connectivity index (χ0v) is 12.1. The molecule has 100 valence electrons. The Labute approximate surface area is 121 Å². The van der Waals surface area contributed by atoms with E-state index in [2.05, 4.69) is 5.10 Å². The summed E-state index contributed by atoms with van der Waals surface area (Å²) >= 11 is 10.9. The normalized spacial score (nSPS) is 10.7. The molecule has 0 aliphatic rings. The molecule has 19 heavy (non-hydrogen) atoms. The molecule has 1 aromatic carbocycles. The smallest absolute Gasteiger partial charge is 0.128 e. The molecule has 0 saturated heterocycles. The van der Waals surface area contributed by atoms with Crippen molar-refractivity contribution in [2.45, 2.75) is 20.4 Å². The van der Waals surface area contributed by atoms with Crippen molar-refractivity contribution >= 4 is 28.8 Å². The maximum absolute atomic E-state index is 13.9. The Bertz CT molecular complexity index is 652. The predicted octanol–water partition coefficient (Wildman–Crippen LogP) is 2.97. The number of nitrogens with zero attached hydrogens (tertiary/aromatic N) is 2. The highest BCUT2D eigenvalue weighted by atomic mass is 35.5. The molecule has 0 spiro atoms. The van der Waals surface area contributed by atoms with Crippen LogP contribution in [0.4, 0.5) is 4.39 Å². The molecule has 0 bridgehead atoms. The van der Waals surface area contributed by atoms with Gasteiger partial charge in [0.2, 0.25) is 0 Å². The fourth-order valence-electron chi connectivity index (χ4n) is 1.82. The standard InChI is InChI=1S/C13H13ClFN3S/c1-7-12(14)8(2)18(17-7)6-10-4-3-9(13(16)19)5-11(10)15/h3-5H,6H2,1-2H3,(H2,16,19). The second-order valence-electron chi connectivity index (χ2n) is 4.31. The molecule has 3 nitrogen and oxygen atoms in total. The Hall–Kier alpha value is -1.46. The molecule has 0 radical (unpaired) electrons. The van der Waals surface area contributed by atoms with Crippen molar-refractivity contribution in [3.63, 3.8) is 0 Å². The largest absolute Gasteiger partial charge is 0.389 e. The molecule has 0 aliphatic heterocycles. The van der Waals surface area contributed by atoms with Crippen molar-refractivity contribution < 1.29 is 4.39 Å². The summed E-state index contributed by atoms with van der Waals surface area (Å²) in [6.07, 6.45) is 0. The first-order valence-electron chi connectivity index (χ1n) is 5.68. The van der Waals surface area contributed by atoms with E-state index in [-0.39, 0.29) is 10.8 Å². The van der Waals surface area contributed by atoms with Gasteiger partial charge in [-0.1, -0.05) is 36.0 Å². The van der Waals surface area contributed by atoms with Crippen molar-refractivity contribution in [3.05, 3.63) is 51.6 Å². The summed E-state index contributed by atoms with van der Waals surface area (Å²) in [5, 5.41) is 4.88. The van der Waals surface area contributed by atoms with Gasteiger partial charge in [0, 0.05) is 11.1 Å². The Morgan fingerprint density at radius 2 is 2.16 bits per heavy atom.